The quantitative estimate of drug-likeness (QED) is 0.828. The second kappa shape index (κ2) is 7.64. The fraction of sp³-hybridized carbons (Fsp3) is 0.714. The number of fused-ring (bicyclic) bond motifs is 3. The van der Waals surface area contributed by atoms with E-state index in [1.807, 2.05) is 11.3 Å². The molecule has 2 fully saturated rings. The maximum atomic E-state index is 5.82. The third-order valence-electron chi connectivity index (χ3n) is 6.52. The van der Waals surface area contributed by atoms with Crippen LogP contribution >= 0.6 is 11.3 Å². The van der Waals surface area contributed by atoms with Gasteiger partial charge in [-0.25, -0.2) is 9.97 Å². The third-order valence-corrected chi connectivity index (χ3v) is 7.71. The van der Waals surface area contributed by atoms with E-state index in [1.54, 1.807) is 4.90 Å². The molecule has 3 aliphatic rings. The van der Waals surface area contributed by atoms with Crippen LogP contribution in [0.1, 0.15) is 55.3 Å². The van der Waals surface area contributed by atoms with Gasteiger partial charge in [-0.2, -0.15) is 0 Å². The van der Waals surface area contributed by atoms with Crippen molar-refractivity contribution < 1.29 is 9.64 Å². The number of likely N-dealkylation sites (tertiary alicyclic amines) is 1. The zero-order valence-electron chi connectivity index (χ0n) is 16.4. The van der Waals surface area contributed by atoms with Crippen molar-refractivity contribution in [1.29, 1.82) is 0 Å². The lowest BCUT2D eigenvalue weighted by atomic mass is 9.99. The summed E-state index contributed by atoms with van der Waals surface area (Å²) in [5.41, 5.74) is 1.51. The first-order chi connectivity index (χ1) is 13.3. The number of aryl methyl sites for hydroxylation is 2. The number of nitrogens with zero attached hydrogens (tertiary/aromatic N) is 2. The number of rotatable bonds is 5. The molecule has 1 aliphatic carbocycles. The SMILES string of the molecule is CC1CC[NH+](Cc2nc(NC[C@@H]3CCCO3)c3c4c(sc3n2)CCC4)CC1. The standard InChI is InChI=1S/C21H30N4OS/c1-14-7-9-25(10-8-14)13-18-23-20(22-12-15-4-3-11-26-15)19-16-5-2-6-17(16)27-21(19)24-18/h14-15H,2-13H2,1H3,(H,22,23,24)/p+1/t15-/m0/s1. The van der Waals surface area contributed by atoms with Crippen LogP contribution in [0, 0.1) is 5.92 Å². The molecule has 0 aromatic carbocycles. The van der Waals surface area contributed by atoms with Gasteiger partial charge in [0.15, 0.2) is 5.82 Å². The number of hydrogen-bond acceptors (Lipinski definition) is 5. The summed E-state index contributed by atoms with van der Waals surface area (Å²) < 4.78 is 5.82. The number of anilines is 1. The Morgan fingerprint density at radius 3 is 2.85 bits per heavy atom. The predicted octanol–water partition coefficient (Wildman–Crippen LogP) is 2.59. The van der Waals surface area contributed by atoms with Gasteiger partial charge in [0.1, 0.15) is 17.2 Å². The lowest BCUT2D eigenvalue weighted by Crippen LogP contribution is -3.11. The highest BCUT2D eigenvalue weighted by molar-refractivity contribution is 7.19. The van der Waals surface area contributed by atoms with Crippen molar-refractivity contribution in [3.63, 3.8) is 0 Å². The highest BCUT2D eigenvalue weighted by Crippen LogP contribution is 2.39. The molecule has 2 aromatic heterocycles. The highest BCUT2D eigenvalue weighted by atomic mass is 32.1. The molecule has 1 atom stereocenters. The smallest absolute Gasteiger partial charge is 0.187 e. The molecule has 27 heavy (non-hydrogen) atoms. The summed E-state index contributed by atoms with van der Waals surface area (Å²) in [6, 6.07) is 0. The summed E-state index contributed by atoms with van der Waals surface area (Å²) in [4.78, 5) is 14.4. The van der Waals surface area contributed by atoms with Gasteiger partial charge in [-0.15, -0.1) is 11.3 Å². The molecule has 0 unspecified atom stereocenters. The number of hydrogen-bond donors (Lipinski definition) is 2. The summed E-state index contributed by atoms with van der Waals surface area (Å²) >= 11 is 1.90. The van der Waals surface area contributed by atoms with E-state index < -0.39 is 0 Å². The first-order valence-corrected chi connectivity index (χ1v) is 11.6. The first kappa shape index (κ1) is 17.8. The second-order valence-corrected chi connectivity index (χ2v) is 9.73. The fourth-order valence-corrected chi connectivity index (χ4v) is 6.11. The van der Waals surface area contributed by atoms with Crippen molar-refractivity contribution in [2.75, 3.05) is 31.6 Å². The fourth-order valence-electron chi connectivity index (χ4n) is 4.83. The van der Waals surface area contributed by atoms with E-state index >= 15 is 0 Å². The largest absolute Gasteiger partial charge is 0.376 e. The Morgan fingerprint density at radius 1 is 1.15 bits per heavy atom. The van der Waals surface area contributed by atoms with Gasteiger partial charge in [0, 0.05) is 18.0 Å². The zero-order valence-corrected chi connectivity index (χ0v) is 17.2. The normalized spacial score (nSPS) is 28.0. The molecule has 0 saturated carbocycles. The molecule has 146 valence electrons. The average molecular weight is 388 g/mol. The van der Waals surface area contributed by atoms with Crippen LogP contribution in [0.15, 0.2) is 0 Å². The predicted molar refractivity (Wildman–Crippen MR) is 110 cm³/mol. The van der Waals surface area contributed by atoms with Crippen molar-refractivity contribution in [3.05, 3.63) is 16.3 Å². The minimum Gasteiger partial charge on any atom is -0.376 e. The van der Waals surface area contributed by atoms with E-state index in [4.69, 9.17) is 14.7 Å². The molecule has 0 bridgehead atoms. The molecule has 5 rings (SSSR count). The van der Waals surface area contributed by atoms with E-state index in [1.165, 1.54) is 72.3 Å². The highest BCUT2D eigenvalue weighted by Gasteiger charge is 2.25. The molecule has 2 aliphatic heterocycles. The van der Waals surface area contributed by atoms with Crippen LogP contribution in [0.25, 0.3) is 10.2 Å². The molecule has 5 nitrogen and oxygen atoms in total. The van der Waals surface area contributed by atoms with Crippen LogP contribution < -0.4 is 10.2 Å². The summed E-state index contributed by atoms with van der Waals surface area (Å²) in [7, 11) is 0. The Kier molecular flexibility index (Phi) is 5.05. The van der Waals surface area contributed by atoms with Gasteiger partial charge in [0.25, 0.3) is 0 Å². The van der Waals surface area contributed by atoms with Crippen molar-refractivity contribution in [1.82, 2.24) is 9.97 Å². The number of thiophene rings is 1. The van der Waals surface area contributed by atoms with Gasteiger partial charge >= 0.3 is 0 Å². The Labute approximate surface area is 165 Å². The molecule has 2 aromatic rings. The summed E-state index contributed by atoms with van der Waals surface area (Å²) in [5, 5.41) is 4.95. The minimum absolute atomic E-state index is 0.333. The topological polar surface area (TPSA) is 51.5 Å². The summed E-state index contributed by atoms with van der Waals surface area (Å²) in [5.74, 6) is 2.96. The summed E-state index contributed by atoms with van der Waals surface area (Å²) in [6.45, 7) is 7.61. The number of ether oxygens (including phenoxy) is 1. The lowest BCUT2D eigenvalue weighted by Gasteiger charge is -2.26. The van der Waals surface area contributed by atoms with Gasteiger partial charge in [0.2, 0.25) is 0 Å². The maximum absolute atomic E-state index is 5.82. The number of quaternary nitrogens is 1. The van der Waals surface area contributed by atoms with Crippen LogP contribution in [0.5, 0.6) is 0 Å². The number of aromatic nitrogens is 2. The van der Waals surface area contributed by atoms with Crippen LogP contribution in [-0.2, 0) is 24.1 Å². The van der Waals surface area contributed by atoms with Crippen molar-refractivity contribution in [2.45, 2.75) is 64.5 Å². The van der Waals surface area contributed by atoms with E-state index in [-0.39, 0.29) is 0 Å². The van der Waals surface area contributed by atoms with Crippen LogP contribution in [0.2, 0.25) is 0 Å². The molecule has 4 heterocycles. The Bertz CT molecular complexity index is 806. The van der Waals surface area contributed by atoms with Gasteiger partial charge in [-0.1, -0.05) is 6.92 Å². The lowest BCUT2D eigenvalue weighted by molar-refractivity contribution is -0.920. The van der Waals surface area contributed by atoms with Gasteiger partial charge < -0.3 is 15.0 Å². The minimum atomic E-state index is 0.333. The molecule has 0 amide bonds. The molecule has 6 heteroatoms. The second-order valence-electron chi connectivity index (χ2n) is 8.65. The Balaban J connectivity index is 1.41. The van der Waals surface area contributed by atoms with E-state index in [9.17, 15) is 0 Å². The maximum Gasteiger partial charge on any atom is 0.187 e. The molecule has 0 radical (unpaired) electrons. The van der Waals surface area contributed by atoms with E-state index in [2.05, 4.69) is 12.2 Å². The Morgan fingerprint density at radius 2 is 2.04 bits per heavy atom. The van der Waals surface area contributed by atoms with Crippen molar-refractivity contribution in [3.8, 4) is 0 Å². The third kappa shape index (κ3) is 3.71. The van der Waals surface area contributed by atoms with Gasteiger partial charge in [0.05, 0.1) is 24.6 Å². The van der Waals surface area contributed by atoms with Crippen LogP contribution in [-0.4, -0.2) is 42.3 Å². The molecular formula is C21H31N4OS+. The van der Waals surface area contributed by atoms with Gasteiger partial charge in [-0.05, 0) is 56.4 Å². The van der Waals surface area contributed by atoms with Crippen molar-refractivity contribution >= 4 is 27.4 Å². The first-order valence-electron chi connectivity index (χ1n) is 10.8. The molecule has 0 spiro atoms. The molecule has 2 N–H and O–H groups in total. The monoisotopic (exact) mass is 387 g/mol. The average Bonchev–Trinajstić information content (AvgIpc) is 3.38. The van der Waals surface area contributed by atoms with Gasteiger partial charge in [-0.3, -0.25) is 0 Å². The summed E-state index contributed by atoms with van der Waals surface area (Å²) in [6.07, 6.45) is 9.00. The zero-order chi connectivity index (χ0) is 18.2. The molecule has 2 saturated heterocycles. The Hall–Kier alpha value is -1.24. The van der Waals surface area contributed by atoms with Crippen LogP contribution in [0.3, 0.4) is 0 Å². The number of nitrogens with one attached hydrogen (secondary N) is 2. The number of piperidine rings is 1. The van der Waals surface area contributed by atoms with E-state index in [0.29, 0.717) is 6.10 Å². The van der Waals surface area contributed by atoms with Crippen molar-refractivity contribution in [2.24, 2.45) is 5.92 Å². The van der Waals surface area contributed by atoms with Crippen LogP contribution in [0.4, 0.5) is 5.82 Å². The molecular weight excluding hydrogens is 356 g/mol. The van der Waals surface area contributed by atoms with E-state index in [0.717, 1.165) is 43.7 Å².